The highest BCUT2D eigenvalue weighted by atomic mass is 32.2. The molecule has 1 N–H and O–H groups in total. The van der Waals surface area contributed by atoms with Crippen molar-refractivity contribution >= 4 is 29.0 Å². The van der Waals surface area contributed by atoms with E-state index in [0.29, 0.717) is 10.7 Å². The Kier molecular flexibility index (Phi) is 5.86. The first-order chi connectivity index (χ1) is 12.3. The predicted octanol–water partition coefficient (Wildman–Crippen LogP) is 5.82. The van der Waals surface area contributed by atoms with Crippen LogP contribution >= 0.6 is 11.8 Å². The van der Waals surface area contributed by atoms with Crippen molar-refractivity contribution in [3.8, 4) is 5.75 Å². The second kappa shape index (κ2) is 7.34. The molecule has 2 rings (SSSR count). The summed E-state index contributed by atoms with van der Waals surface area (Å²) in [4.78, 5) is 26.8. The SMILES string of the molecule is CC[C@@H](C)N1C(=O)S/C(=C\c2cc(C(C)(C)C)c(O)c(C(C)(C)C)c2)C1=O. The molecule has 1 fully saturated rings. The van der Waals surface area contributed by atoms with E-state index in [1.807, 2.05) is 26.0 Å². The Bertz CT molecular complexity index is 762. The van der Waals surface area contributed by atoms with E-state index in [1.54, 1.807) is 6.08 Å². The van der Waals surface area contributed by atoms with Crippen LogP contribution in [0.1, 0.15) is 78.5 Å². The Labute approximate surface area is 167 Å². The van der Waals surface area contributed by atoms with Crippen LogP contribution in [-0.2, 0) is 15.6 Å². The van der Waals surface area contributed by atoms with Gasteiger partial charge in [0.2, 0.25) is 0 Å². The molecule has 1 heterocycles. The molecule has 148 valence electrons. The van der Waals surface area contributed by atoms with E-state index in [9.17, 15) is 14.7 Å². The Morgan fingerprint density at radius 3 is 1.96 bits per heavy atom. The average Bonchev–Trinajstić information content (AvgIpc) is 2.80. The maximum atomic E-state index is 12.7. The van der Waals surface area contributed by atoms with Gasteiger partial charge in [-0.3, -0.25) is 14.5 Å². The summed E-state index contributed by atoms with van der Waals surface area (Å²) in [6.45, 7) is 16.1. The Morgan fingerprint density at radius 1 is 1.07 bits per heavy atom. The molecule has 0 bridgehead atoms. The number of phenols is 1. The first-order valence-corrected chi connectivity index (χ1v) is 10.2. The Balaban J connectivity index is 2.58. The minimum Gasteiger partial charge on any atom is -0.507 e. The second-order valence-electron chi connectivity index (χ2n) is 9.27. The number of nitrogens with zero attached hydrogens (tertiary/aromatic N) is 1. The molecule has 5 heteroatoms. The quantitative estimate of drug-likeness (QED) is 0.662. The zero-order valence-corrected chi connectivity index (χ0v) is 18.5. The van der Waals surface area contributed by atoms with Gasteiger partial charge in [0.1, 0.15) is 5.75 Å². The molecule has 0 aliphatic carbocycles. The van der Waals surface area contributed by atoms with Gasteiger partial charge in [0.25, 0.3) is 11.1 Å². The third kappa shape index (κ3) is 4.40. The van der Waals surface area contributed by atoms with Gasteiger partial charge >= 0.3 is 0 Å². The maximum absolute atomic E-state index is 12.7. The van der Waals surface area contributed by atoms with Gasteiger partial charge in [-0.25, -0.2) is 0 Å². The van der Waals surface area contributed by atoms with E-state index in [1.165, 1.54) is 4.90 Å². The van der Waals surface area contributed by atoms with Crippen molar-refractivity contribution < 1.29 is 14.7 Å². The molecule has 4 nitrogen and oxygen atoms in total. The minimum atomic E-state index is -0.246. The molecule has 1 aromatic rings. The van der Waals surface area contributed by atoms with Gasteiger partial charge in [-0.1, -0.05) is 48.5 Å². The number of imide groups is 1. The standard InChI is InChI=1S/C22H31NO3S/c1-9-13(2)23-19(25)17(27-20(23)26)12-14-10-15(21(3,4)5)18(24)16(11-14)22(6,7)8/h10-13,24H,9H2,1-8H3/b17-12-/t13-/m1/s1. The zero-order chi connectivity index (χ0) is 20.7. The van der Waals surface area contributed by atoms with E-state index in [2.05, 4.69) is 41.5 Å². The van der Waals surface area contributed by atoms with E-state index >= 15 is 0 Å². The van der Waals surface area contributed by atoms with E-state index in [4.69, 9.17) is 0 Å². The summed E-state index contributed by atoms with van der Waals surface area (Å²) in [6, 6.07) is 3.72. The molecule has 0 spiro atoms. The molecule has 0 unspecified atom stereocenters. The van der Waals surface area contributed by atoms with Crippen molar-refractivity contribution in [2.45, 2.75) is 78.7 Å². The van der Waals surface area contributed by atoms with Crippen LogP contribution in [0.25, 0.3) is 6.08 Å². The molecular weight excluding hydrogens is 358 g/mol. The van der Waals surface area contributed by atoms with Crippen LogP contribution in [0.2, 0.25) is 0 Å². The van der Waals surface area contributed by atoms with Crippen molar-refractivity contribution in [2.24, 2.45) is 0 Å². The summed E-state index contributed by atoms with van der Waals surface area (Å²) in [5, 5.41) is 10.6. The molecule has 1 aliphatic rings. The molecule has 1 saturated heterocycles. The minimum absolute atomic E-state index is 0.113. The first-order valence-electron chi connectivity index (χ1n) is 9.42. The molecule has 1 atom stereocenters. The number of carbonyl (C=O) groups excluding carboxylic acids is 2. The van der Waals surface area contributed by atoms with Crippen molar-refractivity contribution in [1.29, 1.82) is 0 Å². The van der Waals surface area contributed by atoms with Crippen molar-refractivity contribution in [3.63, 3.8) is 0 Å². The van der Waals surface area contributed by atoms with Crippen molar-refractivity contribution in [3.05, 3.63) is 33.7 Å². The number of hydrogen-bond acceptors (Lipinski definition) is 4. The van der Waals surface area contributed by atoms with Crippen LogP contribution in [0.4, 0.5) is 4.79 Å². The fourth-order valence-corrected chi connectivity index (χ4v) is 4.01. The summed E-state index contributed by atoms with van der Waals surface area (Å²) in [5.41, 5.74) is 2.01. The second-order valence-corrected chi connectivity index (χ2v) is 10.3. The van der Waals surface area contributed by atoms with Crippen LogP contribution in [0.3, 0.4) is 0 Å². The highest BCUT2D eigenvalue weighted by molar-refractivity contribution is 8.18. The fraction of sp³-hybridized carbons (Fsp3) is 0.545. The molecule has 0 saturated carbocycles. The van der Waals surface area contributed by atoms with Gasteiger partial charge in [0.05, 0.1) is 4.91 Å². The maximum Gasteiger partial charge on any atom is 0.293 e. The van der Waals surface area contributed by atoms with E-state index in [-0.39, 0.29) is 28.0 Å². The summed E-state index contributed by atoms with van der Waals surface area (Å²) in [5.74, 6) is 0.0712. The van der Waals surface area contributed by atoms with E-state index in [0.717, 1.165) is 34.9 Å². The number of amides is 2. The number of aromatic hydroxyl groups is 1. The average molecular weight is 390 g/mol. The molecule has 1 aliphatic heterocycles. The summed E-state index contributed by atoms with van der Waals surface area (Å²) in [6.07, 6.45) is 2.50. The van der Waals surface area contributed by atoms with Crippen LogP contribution in [-0.4, -0.2) is 27.2 Å². The van der Waals surface area contributed by atoms with Crippen LogP contribution in [0, 0.1) is 0 Å². The van der Waals surface area contributed by atoms with Gasteiger partial charge in [-0.15, -0.1) is 0 Å². The molecular formula is C22H31NO3S. The lowest BCUT2D eigenvalue weighted by Crippen LogP contribution is -2.36. The zero-order valence-electron chi connectivity index (χ0n) is 17.6. The topological polar surface area (TPSA) is 57.6 Å². The number of rotatable bonds is 3. The fourth-order valence-electron chi connectivity index (χ4n) is 3.08. The molecule has 0 radical (unpaired) electrons. The number of carbonyl (C=O) groups is 2. The summed E-state index contributed by atoms with van der Waals surface area (Å²) >= 11 is 0.987. The number of phenolic OH excluding ortho intramolecular Hbond substituents is 1. The van der Waals surface area contributed by atoms with Crippen molar-refractivity contribution in [2.75, 3.05) is 0 Å². The first kappa shape index (κ1) is 21.5. The Hall–Kier alpha value is -1.75. The smallest absolute Gasteiger partial charge is 0.293 e. The normalized spacial score (nSPS) is 18.5. The molecule has 0 aromatic heterocycles. The monoisotopic (exact) mass is 389 g/mol. The van der Waals surface area contributed by atoms with Gasteiger partial charge in [-0.2, -0.15) is 0 Å². The number of thioether (sulfide) groups is 1. The molecule has 2 amide bonds. The highest BCUT2D eigenvalue weighted by Gasteiger charge is 2.37. The van der Waals surface area contributed by atoms with Gasteiger partial charge in [0, 0.05) is 17.2 Å². The van der Waals surface area contributed by atoms with Crippen LogP contribution in [0.15, 0.2) is 17.0 Å². The third-order valence-electron chi connectivity index (χ3n) is 4.90. The number of benzene rings is 1. The van der Waals surface area contributed by atoms with Gasteiger partial charge < -0.3 is 5.11 Å². The predicted molar refractivity (Wildman–Crippen MR) is 113 cm³/mol. The molecule has 1 aromatic carbocycles. The lowest BCUT2D eigenvalue weighted by Gasteiger charge is -2.28. The summed E-state index contributed by atoms with van der Waals surface area (Å²) in [7, 11) is 0. The van der Waals surface area contributed by atoms with Crippen LogP contribution in [0.5, 0.6) is 5.75 Å². The highest BCUT2D eigenvalue weighted by Crippen LogP contribution is 2.41. The largest absolute Gasteiger partial charge is 0.507 e. The number of hydrogen-bond donors (Lipinski definition) is 1. The van der Waals surface area contributed by atoms with Gasteiger partial charge in [-0.05, 0) is 59.7 Å². The van der Waals surface area contributed by atoms with Gasteiger partial charge in [0.15, 0.2) is 0 Å². The third-order valence-corrected chi connectivity index (χ3v) is 5.78. The van der Waals surface area contributed by atoms with Crippen LogP contribution < -0.4 is 0 Å². The lowest BCUT2D eigenvalue weighted by molar-refractivity contribution is -0.124. The summed E-state index contributed by atoms with van der Waals surface area (Å²) < 4.78 is 0. The lowest BCUT2D eigenvalue weighted by atomic mass is 9.78. The van der Waals surface area contributed by atoms with E-state index < -0.39 is 0 Å². The Morgan fingerprint density at radius 2 is 1.56 bits per heavy atom. The van der Waals surface area contributed by atoms with Crippen molar-refractivity contribution in [1.82, 2.24) is 4.90 Å². The molecule has 27 heavy (non-hydrogen) atoms.